The Kier molecular flexibility index (Phi) is 8.61. The van der Waals surface area contributed by atoms with Crippen LogP contribution < -0.4 is 5.32 Å². The van der Waals surface area contributed by atoms with Crippen molar-refractivity contribution >= 4 is 43.2 Å². The minimum absolute atomic E-state index is 0.0486. The van der Waals surface area contributed by atoms with Crippen LogP contribution in [0.25, 0.3) is 0 Å². The fourth-order valence-corrected chi connectivity index (χ4v) is 5.27. The first-order chi connectivity index (χ1) is 14.5. The number of halogens is 1. The Labute approximate surface area is 188 Å². The number of carbonyl (C=O) groups is 1. The summed E-state index contributed by atoms with van der Waals surface area (Å²) in [5.41, 5.74) is 0.933. The van der Waals surface area contributed by atoms with Gasteiger partial charge in [-0.15, -0.1) is 0 Å². The molecule has 0 bridgehead atoms. The summed E-state index contributed by atoms with van der Waals surface area (Å²) < 4.78 is 51.7. The van der Waals surface area contributed by atoms with Gasteiger partial charge < -0.3 is 5.32 Å². The van der Waals surface area contributed by atoms with E-state index in [0.29, 0.717) is 29.4 Å². The summed E-state index contributed by atoms with van der Waals surface area (Å²) in [5.74, 6) is -0.558. The zero-order valence-corrected chi connectivity index (χ0v) is 20.0. The molecule has 0 aromatic heterocycles. The summed E-state index contributed by atoms with van der Waals surface area (Å²) in [6, 6.07) is 12.5. The summed E-state index contributed by atoms with van der Waals surface area (Å²) in [5, 5.41) is 3.00. The van der Waals surface area contributed by atoms with Gasteiger partial charge in [0.2, 0.25) is 26.0 Å². The number of hydrogen-bond acceptors (Lipinski definition) is 5. The van der Waals surface area contributed by atoms with Crippen molar-refractivity contribution in [3.8, 4) is 0 Å². The normalized spacial score (nSPS) is 12.3. The molecule has 8 nitrogen and oxygen atoms in total. The van der Waals surface area contributed by atoms with Crippen molar-refractivity contribution in [1.29, 1.82) is 0 Å². The van der Waals surface area contributed by atoms with E-state index in [0.717, 1.165) is 10.6 Å². The molecule has 31 heavy (non-hydrogen) atoms. The van der Waals surface area contributed by atoms with E-state index in [1.807, 2.05) is 0 Å². The highest BCUT2D eigenvalue weighted by Crippen LogP contribution is 2.20. The van der Waals surface area contributed by atoms with Crippen molar-refractivity contribution in [1.82, 2.24) is 8.61 Å². The Balaban J connectivity index is 2.12. The third kappa shape index (κ3) is 6.75. The Morgan fingerprint density at radius 1 is 0.935 bits per heavy atom. The van der Waals surface area contributed by atoms with E-state index >= 15 is 0 Å². The fraction of sp³-hybridized carbons (Fsp3) is 0.350. The summed E-state index contributed by atoms with van der Waals surface area (Å²) >= 11 is 6.10. The third-order valence-electron chi connectivity index (χ3n) is 4.57. The average Bonchev–Trinajstić information content (AvgIpc) is 2.69. The highest BCUT2D eigenvalue weighted by atomic mass is 35.5. The second-order valence-electron chi connectivity index (χ2n) is 6.78. The maximum absolute atomic E-state index is 12.5. The molecule has 0 spiro atoms. The summed E-state index contributed by atoms with van der Waals surface area (Å²) in [7, 11) is -7.28. The van der Waals surface area contributed by atoms with E-state index in [2.05, 4.69) is 5.32 Å². The van der Waals surface area contributed by atoms with Crippen molar-refractivity contribution < 1.29 is 21.6 Å². The predicted octanol–water partition coefficient (Wildman–Crippen LogP) is 2.77. The van der Waals surface area contributed by atoms with Crippen LogP contribution in [0.3, 0.4) is 0 Å². The second-order valence-corrected chi connectivity index (χ2v) is 11.1. The Morgan fingerprint density at radius 2 is 1.52 bits per heavy atom. The molecule has 2 aromatic rings. The lowest BCUT2D eigenvalue weighted by Gasteiger charge is -2.20. The topological polar surface area (TPSA) is 104 Å². The van der Waals surface area contributed by atoms with Crippen molar-refractivity contribution in [2.24, 2.45) is 0 Å². The van der Waals surface area contributed by atoms with Crippen molar-refractivity contribution in [2.45, 2.75) is 25.3 Å². The Bertz CT molecular complexity index is 1120. The SMILES string of the molecule is CCN(CC)S(=O)(=O)c1ccc(NC(=O)CN(Cc2ccccc2Cl)S(C)(=O)=O)cc1. The molecule has 1 N–H and O–H groups in total. The molecule has 0 aliphatic carbocycles. The zero-order valence-electron chi connectivity index (χ0n) is 17.6. The molecular weight excluding hydrogens is 462 g/mol. The highest BCUT2D eigenvalue weighted by molar-refractivity contribution is 7.89. The molecular formula is C20H26ClN3O5S2. The van der Waals surface area contributed by atoms with Gasteiger partial charge in [-0.3, -0.25) is 4.79 Å². The molecule has 0 saturated carbocycles. The van der Waals surface area contributed by atoms with E-state index < -0.39 is 32.5 Å². The van der Waals surface area contributed by atoms with Crippen LogP contribution in [0.15, 0.2) is 53.4 Å². The number of anilines is 1. The molecule has 0 radical (unpaired) electrons. The lowest BCUT2D eigenvalue weighted by molar-refractivity contribution is -0.116. The van der Waals surface area contributed by atoms with Crippen LogP contribution in [-0.4, -0.2) is 57.2 Å². The molecule has 0 aliphatic rings. The molecule has 2 rings (SSSR count). The number of benzene rings is 2. The minimum atomic E-state index is -3.68. The third-order valence-corrected chi connectivity index (χ3v) is 8.20. The van der Waals surface area contributed by atoms with Gasteiger partial charge in [-0.25, -0.2) is 16.8 Å². The predicted molar refractivity (Wildman–Crippen MR) is 122 cm³/mol. The minimum Gasteiger partial charge on any atom is -0.325 e. The molecule has 2 aromatic carbocycles. The van der Waals surface area contributed by atoms with Crippen LogP contribution in [0.5, 0.6) is 0 Å². The lowest BCUT2D eigenvalue weighted by atomic mass is 10.2. The van der Waals surface area contributed by atoms with Crippen LogP contribution in [0.1, 0.15) is 19.4 Å². The molecule has 11 heteroatoms. The number of hydrogen-bond donors (Lipinski definition) is 1. The molecule has 170 valence electrons. The summed E-state index contributed by atoms with van der Waals surface area (Å²) in [4.78, 5) is 12.6. The van der Waals surface area contributed by atoms with E-state index in [9.17, 15) is 21.6 Å². The summed E-state index contributed by atoms with van der Waals surface area (Å²) in [6.45, 7) is 3.75. The zero-order chi connectivity index (χ0) is 23.2. The van der Waals surface area contributed by atoms with Gasteiger partial charge in [0.05, 0.1) is 17.7 Å². The molecule has 0 saturated heterocycles. The number of carbonyl (C=O) groups excluding carboxylic acids is 1. The van der Waals surface area contributed by atoms with Crippen molar-refractivity contribution in [3.63, 3.8) is 0 Å². The van der Waals surface area contributed by atoms with Crippen molar-refractivity contribution in [2.75, 3.05) is 31.2 Å². The van der Waals surface area contributed by atoms with Gasteiger partial charge in [-0.05, 0) is 35.9 Å². The van der Waals surface area contributed by atoms with Crippen LogP contribution in [0.4, 0.5) is 5.69 Å². The van der Waals surface area contributed by atoms with Gasteiger partial charge in [-0.1, -0.05) is 43.6 Å². The lowest BCUT2D eigenvalue weighted by Crippen LogP contribution is -2.37. The number of nitrogens with zero attached hydrogens (tertiary/aromatic N) is 2. The quantitative estimate of drug-likeness (QED) is 0.555. The maximum atomic E-state index is 12.5. The van der Waals surface area contributed by atoms with Crippen LogP contribution in [0.2, 0.25) is 5.02 Å². The molecule has 1 amide bonds. The van der Waals surface area contributed by atoms with E-state index in [1.165, 1.54) is 28.6 Å². The van der Waals surface area contributed by atoms with E-state index in [1.54, 1.807) is 38.1 Å². The first-order valence-corrected chi connectivity index (χ1v) is 13.2. The van der Waals surface area contributed by atoms with Gasteiger partial charge in [0.15, 0.2) is 0 Å². The van der Waals surface area contributed by atoms with Crippen LogP contribution in [0, 0.1) is 0 Å². The fourth-order valence-electron chi connectivity index (χ4n) is 2.89. The maximum Gasteiger partial charge on any atom is 0.243 e. The molecule has 0 unspecified atom stereocenters. The number of nitrogens with one attached hydrogen (secondary N) is 1. The summed E-state index contributed by atoms with van der Waals surface area (Å²) in [6.07, 6.45) is 1.02. The highest BCUT2D eigenvalue weighted by Gasteiger charge is 2.23. The first-order valence-electron chi connectivity index (χ1n) is 9.57. The molecule has 0 heterocycles. The molecule has 0 atom stereocenters. The Hall–Kier alpha value is -1.98. The Morgan fingerprint density at radius 3 is 2.03 bits per heavy atom. The second kappa shape index (κ2) is 10.6. The number of sulfonamides is 2. The van der Waals surface area contributed by atoms with Gasteiger partial charge in [-0.2, -0.15) is 8.61 Å². The molecule has 0 fully saturated rings. The van der Waals surface area contributed by atoms with Gasteiger partial charge in [0, 0.05) is 30.3 Å². The van der Waals surface area contributed by atoms with Crippen LogP contribution >= 0.6 is 11.6 Å². The standard InChI is InChI=1S/C20H26ClN3O5S2/c1-4-23(5-2)31(28,29)18-12-10-17(11-13-18)22-20(25)15-24(30(3,26)27)14-16-8-6-7-9-19(16)21/h6-13H,4-5,14-15H2,1-3H3,(H,22,25). The average molecular weight is 488 g/mol. The van der Waals surface area contributed by atoms with Gasteiger partial charge >= 0.3 is 0 Å². The van der Waals surface area contributed by atoms with Crippen LogP contribution in [-0.2, 0) is 31.4 Å². The number of amides is 1. The largest absolute Gasteiger partial charge is 0.325 e. The molecule has 0 aliphatic heterocycles. The number of rotatable bonds is 10. The first kappa shape index (κ1) is 25.3. The van der Waals surface area contributed by atoms with Gasteiger partial charge in [0.1, 0.15) is 0 Å². The smallest absolute Gasteiger partial charge is 0.243 e. The van der Waals surface area contributed by atoms with E-state index in [-0.39, 0.29) is 11.4 Å². The van der Waals surface area contributed by atoms with Crippen molar-refractivity contribution in [3.05, 3.63) is 59.1 Å². The van der Waals surface area contributed by atoms with E-state index in [4.69, 9.17) is 11.6 Å². The monoisotopic (exact) mass is 487 g/mol. The van der Waals surface area contributed by atoms with Gasteiger partial charge in [0.25, 0.3) is 0 Å².